The second-order valence-electron chi connectivity index (χ2n) is 6.70. The van der Waals surface area contributed by atoms with E-state index in [0.717, 1.165) is 6.33 Å². The van der Waals surface area contributed by atoms with Crippen LogP contribution in [0.1, 0.15) is 32.0 Å². The average molecular weight is 472 g/mol. The maximum Gasteiger partial charge on any atom is 0.422 e. The van der Waals surface area contributed by atoms with Gasteiger partial charge in [0, 0.05) is 11.3 Å². The summed E-state index contributed by atoms with van der Waals surface area (Å²) in [6, 6.07) is 6.60. The minimum Gasteiger partial charge on any atom is -0.467 e. The van der Waals surface area contributed by atoms with Crippen molar-refractivity contribution in [3.05, 3.63) is 46.3 Å². The first kappa shape index (κ1) is 22.5. The summed E-state index contributed by atoms with van der Waals surface area (Å²) >= 11 is 3.10. The number of carbonyl (C=O) groups is 1. The number of aromatic nitrogens is 2. The van der Waals surface area contributed by atoms with Gasteiger partial charge >= 0.3 is 12.3 Å². The number of nitrogens with zero attached hydrogens (tertiary/aromatic N) is 2. The molecular weight excluding hydrogens is 455 g/mol. The summed E-state index contributed by atoms with van der Waals surface area (Å²) in [5.74, 6) is 5.31. The Morgan fingerprint density at radius 3 is 2.38 bits per heavy atom. The van der Waals surface area contributed by atoms with E-state index in [2.05, 4.69) is 47.8 Å². The normalized spacial score (nSPS) is 11.3. The number of carbonyl (C=O) groups excluding carboxylic acids is 1. The lowest BCUT2D eigenvalue weighted by atomic mass is 10.2. The molecule has 2 rings (SSSR count). The molecular formula is C19H17BrF3N3O3. The molecule has 0 radical (unpaired) electrons. The quantitative estimate of drug-likeness (QED) is 0.642. The molecule has 0 atom stereocenters. The van der Waals surface area contributed by atoms with E-state index in [1.165, 1.54) is 0 Å². The predicted octanol–water partition coefficient (Wildman–Crippen LogP) is 4.93. The van der Waals surface area contributed by atoms with Gasteiger partial charge in [0.15, 0.2) is 6.61 Å². The van der Waals surface area contributed by atoms with Gasteiger partial charge in [0.25, 0.3) is 0 Å². The number of rotatable bonds is 3. The van der Waals surface area contributed by atoms with Crippen LogP contribution in [0.4, 0.5) is 23.7 Å². The summed E-state index contributed by atoms with van der Waals surface area (Å²) in [6.07, 6.45) is -3.99. The van der Waals surface area contributed by atoms with Crippen LogP contribution in [0.2, 0.25) is 0 Å². The monoisotopic (exact) mass is 471 g/mol. The molecule has 10 heteroatoms. The molecule has 2 aromatic rings. The Kier molecular flexibility index (Phi) is 7.08. The number of anilines is 1. The zero-order chi connectivity index (χ0) is 21.7. The second-order valence-corrected chi connectivity index (χ2v) is 7.49. The van der Waals surface area contributed by atoms with E-state index in [4.69, 9.17) is 4.74 Å². The Bertz CT molecular complexity index is 930. The summed E-state index contributed by atoms with van der Waals surface area (Å²) in [4.78, 5) is 19.3. The number of nitrogens with one attached hydrogen (secondary N) is 1. The Hall–Kier alpha value is -2.80. The molecule has 6 nitrogen and oxygen atoms in total. The van der Waals surface area contributed by atoms with Crippen LogP contribution in [0.25, 0.3) is 0 Å². The third kappa shape index (κ3) is 7.99. The molecule has 0 spiro atoms. The molecule has 0 saturated carbocycles. The topological polar surface area (TPSA) is 73.3 Å². The molecule has 1 N–H and O–H groups in total. The van der Waals surface area contributed by atoms with Crippen molar-refractivity contribution in [1.82, 2.24) is 9.97 Å². The smallest absolute Gasteiger partial charge is 0.422 e. The van der Waals surface area contributed by atoms with Gasteiger partial charge in [-0.3, -0.25) is 5.32 Å². The maximum atomic E-state index is 12.3. The van der Waals surface area contributed by atoms with Crippen molar-refractivity contribution in [3.63, 3.8) is 0 Å². The Balaban J connectivity index is 2.07. The highest BCUT2D eigenvalue weighted by molar-refractivity contribution is 9.10. The van der Waals surface area contributed by atoms with E-state index < -0.39 is 24.5 Å². The third-order valence-electron chi connectivity index (χ3n) is 2.99. The molecule has 1 amide bonds. The first-order valence-electron chi connectivity index (χ1n) is 8.25. The molecule has 0 unspecified atom stereocenters. The zero-order valence-corrected chi connectivity index (χ0v) is 17.3. The predicted molar refractivity (Wildman–Crippen MR) is 104 cm³/mol. The summed E-state index contributed by atoms with van der Waals surface area (Å²) in [5, 5.41) is 2.60. The molecule has 0 bridgehead atoms. The van der Waals surface area contributed by atoms with Gasteiger partial charge in [-0.1, -0.05) is 5.92 Å². The lowest BCUT2D eigenvalue weighted by Gasteiger charge is -2.19. The molecule has 0 fully saturated rings. The minimum absolute atomic E-state index is 0.125. The summed E-state index contributed by atoms with van der Waals surface area (Å²) < 4.78 is 46.8. The van der Waals surface area contributed by atoms with Crippen LogP contribution in [0.5, 0.6) is 5.88 Å². The van der Waals surface area contributed by atoms with Gasteiger partial charge < -0.3 is 9.47 Å². The van der Waals surface area contributed by atoms with Crippen LogP contribution >= 0.6 is 15.9 Å². The first-order valence-corrected chi connectivity index (χ1v) is 9.04. The van der Waals surface area contributed by atoms with E-state index in [0.29, 0.717) is 11.3 Å². The van der Waals surface area contributed by atoms with Gasteiger partial charge in [0.05, 0.1) is 0 Å². The number of ether oxygens (including phenoxy) is 2. The van der Waals surface area contributed by atoms with Gasteiger partial charge in [-0.25, -0.2) is 14.8 Å². The van der Waals surface area contributed by atoms with Gasteiger partial charge in [-0.2, -0.15) is 13.2 Å². The van der Waals surface area contributed by atoms with Crippen LogP contribution < -0.4 is 10.1 Å². The van der Waals surface area contributed by atoms with Crippen LogP contribution in [-0.4, -0.2) is 34.4 Å². The highest BCUT2D eigenvalue weighted by Crippen LogP contribution is 2.26. The number of hydrogen-bond donors (Lipinski definition) is 1. The molecule has 0 aliphatic carbocycles. The second kappa shape index (κ2) is 9.13. The number of halogens is 4. The maximum absolute atomic E-state index is 12.3. The molecule has 0 aliphatic rings. The molecule has 1 aromatic carbocycles. The SMILES string of the molecule is CC(C)(C)OC(=O)Nc1ccc(C#Cc2ncnc(OCC(F)(F)F)c2Br)cc1. The zero-order valence-electron chi connectivity index (χ0n) is 15.7. The summed E-state index contributed by atoms with van der Waals surface area (Å²) in [7, 11) is 0. The average Bonchev–Trinajstić information content (AvgIpc) is 2.58. The van der Waals surface area contributed by atoms with Crippen LogP contribution in [0.3, 0.4) is 0 Å². The molecule has 29 heavy (non-hydrogen) atoms. The van der Waals surface area contributed by atoms with E-state index >= 15 is 0 Å². The van der Waals surface area contributed by atoms with E-state index in [9.17, 15) is 18.0 Å². The molecule has 1 heterocycles. The van der Waals surface area contributed by atoms with Crippen LogP contribution in [0, 0.1) is 11.8 Å². The highest BCUT2D eigenvalue weighted by atomic mass is 79.9. The molecule has 154 valence electrons. The summed E-state index contributed by atoms with van der Waals surface area (Å²) in [6.45, 7) is 3.81. The third-order valence-corrected chi connectivity index (χ3v) is 3.70. The fraction of sp³-hybridized carbons (Fsp3) is 0.316. The fourth-order valence-electron chi connectivity index (χ4n) is 1.88. The number of benzene rings is 1. The lowest BCUT2D eigenvalue weighted by molar-refractivity contribution is -0.154. The van der Waals surface area contributed by atoms with Crippen LogP contribution in [0.15, 0.2) is 35.1 Å². The van der Waals surface area contributed by atoms with Crippen LogP contribution in [-0.2, 0) is 4.74 Å². The molecule has 0 saturated heterocycles. The van der Waals surface area contributed by atoms with Crippen molar-refractivity contribution in [3.8, 4) is 17.7 Å². The van der Waals surface area contributed by atoms with E-state index in [1.54, 1.807) is 45.0 Å². The van der Waals surface area contributed by atoms with Gasteiger partial charge in [-0.05, 0) is 66.9 Å². The highest BCUT2D eigenvalue weighted by Gasteiger charge is 2.29. The summed E-state index contributed by atoms with van der Waals surface area (Å²) in [5.41, 5.74) is 0.690. The van der Waals surface area contributed by atoms with Gasteiger partial charge in [-0.15, -0.1) is 0 Å². The largest absolute Gasteiger partial charge is 0.467 e. The lowest BCUT2D eigenvalue weighted by Crippen LogP contribution is -2.27. The Morgan fingerprint density at radius 1 is 1.14 bits per heavy atom. The number of alkyl halides is 3. The van der Waals surface area contributed by atoms with Crippen molar-refractivity contribution in [2.24, 2.45) is 0 Å². The van der Waals surface area contributed by atoms with Gasteiger partial charge in [0.2, 0.25) is 5.88 Å². The Morgan fingerprint density at radius 2 is 1.79 bits per heavy atom. The standard InChI is InChI=1S/C19H17BrF3N3O3/c1-18(2,3)29-17(27)26-13-7-4-12(5-8-13)6-9-14-15(20)16(25-11-24-14)28-10-19(21,22)23/h4-5,7-8,11H,10H2,1-3H3,(H,26,27). The molecule has 1 aromatic heterocycles. The van der Waals surface area contributed by atoms with Crippen molar-refractivity contribution < 1.29 is 27.4 Å². The minimum atomic E-state index is -4.48. The number of amides is 1. The Labute approximate surface area is 174 Å². The van der Waals surface area contributed by atoms with Gasteiger partial charge in [0.1, 0.15) is 22.1 Å². The number of hydrogen-bond acceptors (Lipinski definition) is 5. The van der Waals surface area contributed by atoms with E-state index in [1.807, 2.05) is 0 Å². The molecule has 0 aliphatic heterocycles. The van der Waals surface area contributed by atoms with Crippen molar-refractivity contribution in [2.45, 2.75) is 32.5 Å². The van der Waals surface area contributed by atoms with Crippen molar-refractivity contribution >= 4 is 27.7 Å². The first-order chi connectivity index (χ1) is 13.4. The fourth-order valence-corrected chi connectivity index (χ4v) is 2.30. The van der Waals surface area contributed by atoms with Crippen molar-refractivity contribution in [2.75, 3.05) is 11.9 Å². The van der Waals surface area contributed by atoms with Crippen molar-refractivity contribution in [1.29, 1.82) is 0 Å². The van der Waals surface area contributed by atoms with E-state index in [-0.39, 0.29) is 16.0 Å².